The van der Waals surface area contributed by atoms with Crippen molar-refractivity contribution in [2.75, 3.05) is 13.6 Å². The van der Waals surface area contributed by atoms with E-state index >= 15 is 0 Å². The molecule has 0 aliphatic rings. The molecule has 0 aliphatic carbocycles. The molecule has 3 heteroatoms. The van der Waals surface area contributed by atoms with Gasteiger partial charge in [-0.25, -0.2) is 0 Å². The maximum atomic E-state index is 10.2. The van der Waals surface area contributed by atoms with Gasteiger partial charge in [-0.15, -0.1) is 11.8 Å². The van der Waals surface area contributed by atoms with Gasteiger partial charge in [0.1, 0.15) is 0 Å². The molecule has 2 nitrogen and oxygen atoms in total. The van der Waals surface area contributed by atoms with E-state index in [1.807, 2.05) is 37.9 Å². The Morgan fingerprint density at radius 2 is 1.88 bits per heavy atom. The molecule has 1 aromatic carbocycles. The highest BCUT2D eigenvalue weighted by Crippen LogP contribution is 2.26. The zero-order valence-corrected chi connectivity index (χ0v) is 11.3. The van der Waals surface area contributed by atoms with Gasteiger partial charge in [-0.2, -0.15) is 0 Å². The number of rotatable bonds is 5. The second kappa shape index (κ2) is 5.71. The van der Waals surface area contributed by atoms with E-state index in [4.69, 9.17) is 0 Å². The summed E-state index contributed by atoms with van der Waals surface area (Å²) in [6.45, 7) is 6.74. The van der Waals surface area contributed by atoms with Crippen LogP contribution in [0.2, 0.25) is 0 Å². The van der Waals surface area contributed by atoms with E-state index in [1.165, 1.54) is 4.90 Å². The van der Waals surface area contributed by atoms with Crippen LogP contribution in [0.15, 0.2) is 29.2 Å². The van der Waals surface area contributed by atoms with Crippen LogP contribution in [0, 0.1) is 0 Å². The molecule has 0 aromatic heterocycles. The van der Waals surface area contributed by atoms with E-state index in [0.29, 0.717) is 11.8 Å². The predicted octanol–water partition coefficient (Wildman–Crippen LogP) is 2.61. The van der Waals surface area contributed by atoms with E-state index < -0.39 is 5.60 Å². The lowest BCUT2D eigenvalue weighted by atomic mass is 9.96. The van der Waals surface area contributed by atoms with Crippen LogP contribution < -0.4 is 5.32 Å². The van der Waals surface area contributed by atoms with Gasteiger partial charge in [0.15, 0.2) is 0 Å². The van der Waals surface area contributed by atoms with E-state index in [9.17, 15) is 5.11 Å². The fourth-order valence-electron chi connectivity index (χ4n) is 1.61. The number of thioether (sulfide) groups is 1. The summed E-state index contributed by atoms with van der Waals surface area (Å²) in [6, 6.07) is 8.15. The standard InChI is InChI=1S/C13H21NOS/c1-10(2)16-12-7-5-11(6-8-12)13(3,15)9-14-4/h5-8,10,14-15H,9H2,1-4H3. The van der Waals surface area contributed by atoms with Gasteiger partial charge in [-0.1, -0.05) is 26.0 Å². The first-order valence-corrected chi connectivity index (χ1v) is 6.48. The summed E-state index contributed by atoms with van der Waals surface area (Å²) < 4.78 is 0. The maximum absolute atomic E-state index is 10.2. The van der Waals surface area contributed by atoms with Crippen molar-refractivity contribution in [3.05, 3.63) is 29.8 Å². The topological polar surface area (TPSA) is 32.3 Å². The van der Waals surface area contributed by atoms with Gasteiger partial charge in [0, 0.05) is 16.7 Å². The molecule has 0 radical (unpaired) electrons. The molecule has 2 N–H and O–H groups in total. The Balaban J connectivity index is 2.78. The highest BCUT2D eigenvalue weighted by molar-refractivity contribution is 7.99. The SMILES string of the molecule is CNCC(C)(O)c1ccc(SC(C)C)cc1. The molecule has 0 heterocycles. The molecule has 1 unspecified atom stereocenters. The number of hydrogen-bond acceptors (Lipinski definition) is 3. The van der Waals surface area contributed by atoms with Crippen molar-refractivity contribution in [2.45, 2.75) is 36.5 Å². The molecule has 0 bridgehead atoms. The fourth-order valence-corrected chi connectivity index (χ4v) is 2.45. The van der Waals surface area contributed by atoms with E-state index in [2.05, 4.69) is 31.3 Å². The normalized spacial score (nSPS) is 15.1. The van der Waals surface area contributed by atoms with Gasteiger partial charge in [0.25, 0.3) is 0 Å². The van der Waals surface area contributed by atoms with Crippen LogP contribution in [0.4, 0.5) is 0 Å². The fraction of sp³-hybridized carbons (Fsp3) is 0.538. The minimum absolute atomic E-state index is 0.559. The van der Waals surface area contributed by atoms with Gasteiger partial charge in [-0.3, -0.25) is 0 Å². The summed E-state index contributed by atoms with van der Waals surface area (Å²) in [5.74, 6) is 0. The van der Waals surface area contributed by atoms with Crippen LogP contribution in [0.5, 0.6) is 0 Å². The minimum atomic E-state index is -0.796. The van der Waals surface area contributed by atoms with E-state index in [0.717, 1.165) is 5.56 Å². The van der Waals surface area contributed by atoms with Crippen molar-refractivity contribution in [3.8, 4) is 0 Å². The summed E-state index contributed by atoms with van der Waals surface area (Å²) in [7, 11) is 1.84. The van der Waals surface area contributed by atoms with Gasteiger partial charge < -0.3 is 10.4 Å². The number of aliphatic hydroxyl groups is 1. The van der Waals surface area contributed by atoms with Gasteiger partial charge >= 0.3 is 0 Å². The summed E-state index contributed by atoms with van der Waals surface area (Å²) in [6.07, 6.45) is 0. The third kappa shape index (κ3) is 3.81. The van der Waals surface area contributed by atoms with E-state index in [-0.39, 0.29) is 0 Å². The molecular weight excluding hydrogens is 218 g/mol. The predicted molar refractivity (Wildman–Crippen MR) is 70.9 cm³/mol. The third-order valence-corrected chi connectivity index (χ3v) is 3.38. The highest BCUT2D eigenvalue weighted by atomic mass is 32.2. The van der Waals surface area contributed by atoms with Gasteiger partial charge in [-0.05, 0) is 31.7 Å². The third-order valence-electron chi connectivity index (χ3n) is 2.37. The monoisotopic (exact) mass is 239 g/mol. The zero-order valence-electron chi connectivity index (χ0n) is 10.4. The number of nitrogens with one attached hydrogen (secondary N) is 1. The number of likely N-dealkylation sites (N-methyl/N-ethyl adjacent to an activating group) is 1. The van der Waals surface area contributed by atoms with Crippen molar-refractivity contribution >= 4 is 11.8 Å². The molecule has 1 rings (SSSR count). The van der Waals surface area contributed by atoms with Crippen LogP contribution >= 0.6 is 11.8 Å². The van der Waals surface area contributed by atoms with Crippen LogP contribution in [0.3, 0.4) is 0 Å². The first kappa shape index (κ1) is 13.6. The summed E-state index contributed by atoms with van der Waals surface area (Å²) >= 11 is 1.83. The Morgan fingerprint density at radius 1 is 1.31 bits per heavy atom. The molecule has 0 spiro atoms. The van der Waals surface area contributed by atoms with Crippen molar-refractivity contribution in [3.63, 3.8) is 0 Å². The Labute approximate surface area is 102 Å². The number of hydrogen-bond donors (Lipinski definition) is 2. The van der Waals surface area contributed by atoms with Crippen LogP contribution in [0.1, 0.15) is 26.3 Å². The molecule has 1 atom stereocenters. The summed E-state index contributed by atoms with van der Waals surface area (Å²) in [5.41, 5.74) is 0.158. The number of benzene rings is 1. The lowest BCUT2D eigenvalue weighted by Crippen LogP contribution is -2.33. The molecule has 1 aromatic rings. The van der Waals surface area contributed by atoms with Crippen molar-refractivity contribution < 1.29 is 5.11 Å². The second-order valence-electron chi connectivity index (χ2n) is 4.50. The lowest BCUT2D eigenvalue weighted by molar-refractivity contribution is 0.0591. The van der Waals surface area contributed by atoms with E-state index in [1.54, 1.807) is 0 Å². The highest BCUT2D eigenvalue weighted by Gasteiger charge is 2.21. The molecular formula is C13H21NOS. The average Bonchev–Trinajstić information content (AvgIpc) is 2.17. The molecule has 0 amide bonds. The smallest absolute Gasteiger partial charge is 0.0992 e. The Hall–Kier alpha value is -0.510. The molecule has 0 saturated carbocycles. The first-order valence-electron chi connectivity index (χ1n) is 5.60. The van der Waals surface area contributed by atoms with Crippen LogP contribution in [-0.4, -0.2) is 23.9 Å². The quantitative estimate of drug-likeness (QED) is 0.775. The van der Waals surface area contributed by atoms with Crippen molar-refractivity contribution in [2.24, 2.45) is 0 Å². The molecule has 0 fully saturated rings. The largest absolute Gasteiger partial charge is 0.384 e. The zero-order chi connectivity index (χ0) is 12.2. The Kier molecular flexibility index (Phi) is 4.84. The van der Waals surface area contributed by atoms with Crippen LogP contribution in [-0.2, 0) is 5.60 Å². The Morgan fingerprint density at radius 3 is 2.31 bits per heavy atom. The summed E-state index contributed by atoms with van der Waals surface area (Å²) in [5, 5.41) is 13.8. The Bertz CT molecular complexity index is 319. The molecule has 0 aliphatic heterocycles. The van der Waals surface area contributed by atoms with Crippen molar-refractivity contribution in [1.29, 1.82) is 0 Å². The first-order chi connectivity index (χ1) is 7.45. The van der Waals surface area contributed by atoms with Crippen LogP contribution in [0.25, 0.3) is 0 Å². The molecule has 16 heavy (non-hydrogen) atoms. The second-order valence-corrected chi connectivity index (χ2v) is 6.15. The minimum Gasteiger partial charge on any atom is -0.384 e. The van der Waals surface area contributed by atoms with Gasteiger partial charge in [0.05, 0.1) is 5.60 Å². The molecule has 90 valence electrons. The van der Waals surface area contributed by atoms with Gasteiger partial charge in [0.2, 0.25) is 0 Å². The summed E-state index contributed by atoms with van der Waals surface area (Å²) in [4.78, 5) is 1.25. The maximum Gasteiger partial charge on any atom is 0.0992 e. The molecule has 0 saturated heterocycles. The lowest BCUT2D eigenvalue weighted by Gasteiger charge is -2.23. The average molecular weight is 239 g/mol. The van der Waals surface area contributed by atoms with Crippen molar-refractivity contribution in [1.82, 2.24) is 5.32 Å².